The Balaban J connectivity index is 0.00000171. The Bertz CT molecular complexity index is 2340. The summed E-state index contributed by atoms with van der Waals surface area (Å²) in [5.41, 5.74) is 13.4. The highest BCUT2D eigenvalue weighted by atomic mass is 15.2. The molecule has 0 aliphatic carbocycles. The summed E-state index contributed by atoms with van der Waals surface area (Å²) in [6.07, 6.45) is 6.69. The first-order chi connectivity index (χ1) is 24.1. The van der Waals surface area contributed by atoms with E-state index >= 15 is 0 Å². The van der Waals surface area contributed by atoms with E-state index < -0.39 is 0 Å². The Morgan fingerprint density at radius 3 is 2.00 bits per heavy atom. The summed E-state index contributed by atoms with van der Waals surface area (Å²) in [4.78, 5) is 2.48. The smallest absolute Gasteiger partial charge is 0.0715 e. The molecule has 3 heterocycles. The van der Waals surface area contributed by atoms with Crippen LogP contribution in [0.4, 0.5) is 11.4 Å². The van der Waals surface area contributed by atoms with Crippen LogP contribution in [0.2, 0.25) is 0 Å². The predicted molar refractivity (Wildman–Crippen MR) is 208 cm³/mol. The van der Waals surface area contributed by atoms with Crippen LogP contribution in [0.5, 0.6) is 0 Å². The Morgan fingerprint density at radius 1 is 0.571 bits per heavy atom. The summed E-state index contributed by atoms with van der Waals surface area (Å²) in [5.74, 6) is 0. The molecule has 3 nitrogen and oxygen atoms in total. The molecular formula is C46H41N3. The van der Waals surface area contributed by atoms with Gasteiger partial charge in [0.05, 0.1) is 28.5 Å². The molecule has 3 heteroatoms. The molecule has 1 aromatic heterocycles. The molecule has 2 aliphatic heterocycles. The average molecular weight is 636 g/mol. The maximum absolute atomic E-state index is 3.62. The highest BCUT2D eigenvalue weighted by molar-refractivity contribution is 6.11. The van der Waals surface area contributed by atoms with E-state index in [1.165, 1.54) is 66.7 Å². The summed E-state index contributed by atoms with van der Waals surface area (Å²) in [6, 6.07) is 52.9. The molecule has 0 saturated heterocycles. The van der Waals surface area contributed by atoms with Crippen LogP contribution in [0.25, 0.3) is 38.6 Å². The van der Waals surface area contributed by atoms with Crippen molar-refractivity contribution >= 4 is 33.2 Å². The Morgan fingerprint density at radius 2 is 1.22 bits per heavy atom. The van der Waals surface area contributed by atoms with Crippen LogP contribution in [-0.2, 0) is 5.41 Å². The van der Waals surface area contributed by atoms with Crippen molar-refractivity contribution in [2.45, 2.75) is 39.2 Å². The molecule has 0 amide bonds. The lowest BCUT2D eigenvalue weighted by Crippen LogP contribution is -2.33. The van der Waals surface area contributed by atoms with Gasteiger partial charge in [-0.2, -0.15) is 0 Å². The third-order valence-corrected chi connectivity index (χ3v) is 10.0. The minimum atomic E-state index is -0.196. The first-order valence-electron chi connectivity index (χ1n) is 17.4. The van der Waals surface area contributed by atoms with Crippen LogP contribution in [0.1, 0.15) is 50.4 Å². The number of nitrogens with one attached hydrogen (secondary N) is 1. The van der Waals surface area contributed by atoms with E-state index in [1.807, 2.05) is 13.8 Å². The standard InChI is InChI=1S/C44H35N3.C2H6/c1-44(2)37-18-10-12-20-41(37)47(34-25-26-45-39(27-34)32-23-21-31(22-24-32)30-13-5-3-6-14-30)43-28-36-35-17-9-11-19-40(35)46(42(36)29-38(43)44)33-15-7-4-8-16-33;1-2/h3-29,39,45H,1-2H3;1-2H3. The van der Waals surface area contributed by atoms with Crippen LogP contribution < -0.4 is 10.2 Å². The third kappa shape index (κ3) is 5.05. The van der Waals surface area contributed by atoms with Crippen LogP contribution >= 0.6 is 0 Å². The topological polar surface area (TPSA) is 20.2 Å². The van der Waals surface area contributed by atoms with Gasteiger partial charge in [-0.05, 0) is 82.6 Å². The molecule has 6 aromatic carbocycles. The van der Waals surface area contributed by atoms with Gasteiger partial charge in [-0.25, -0.2) is 0 Å². The van der Waals surface area contributed by atoms with Crippen molar-refractivity contribution in [3.63, 3.8) is 0 Å². The average Bonchev–Trinajstić information content (AvgIpc) is 3.49. The van der Waals surface area contributed by atoms with E-state index in [4.69, 9.17) is 0 Å². The van der Waals surface area contributed by atoms with E-state index in [1.54, 1.807) is 0 Å². The van der Waals surface area contributed by atoms with Crippen LogP contribution in [0.3, 0.4) is 0 Å². The van der Waals surface area contributed by atoms with Gasteiger partial charge in [0.15, 0.2) is 0 Å². The molecule has 240 valence electrons. The maximum atomic E-state index is 3.62. The van der Waals surface area contributed by atoms with E-state index in [2.05, 4.69) is 193 Å². The molecule has 1 atom stereocenters. The number of anilines is 2. The summed E-state index contributed by atoms with van der Waals surface area (Å²) in [5, 5.41) is 6.14. The first-order valence-corrected chi connectivity index (χ1v) is 17.4. The second-order valence-corrected chi connectivity index (χ2v) is 13.1. The van der Waals surface area contributed by atoms with E-state index in [0.29, 0.717) is 0 Å². The lowest BCUT2D eigenvalue weighted by molar-refractivity contribution is 0.630. The Hall–Kier alpha value is -5.80. The maximum Gasteiger partial charge on any atom is 0.0715 e. The molecule has 0 spiro atoms. The molecule has 0 fully saturated rings. The number of allylic oxidation sites excluding steroid dienone is 1. The Labute approximate surface area is 289 Å². The quantitative estimate of drug-likeness (QED) is 0.208. The lowest BCUT2D eigenvalue weighted by atomic mass is 9.73. The van der Waals surface area contributed by atoms with Crippen molar-refractivity contribution in [3.05, 3.63) is 186 Å². The zero-order valence-corrected chi connectivity index (χ0v) is 28.6. The second kappa shape index (κ2) is 12.3. The number of dihydropyridines is 1. The number of hydrogen-bond donors (Lipinski definition) is 1. The van der Waals surface area contributed by atoms with Gasteiger partial charge in [-0.15, -0.1) is 0 Å². The van der Waals surface area contributed by atoms with Crippen molar-refractivity contribution in [3.8, 4) is 16.8 Å². The summed E-state index contributed by atoms with van der Waals surface area (Å²) in [6.45, 7) is 8.74. The van der Waals surface area contributed by atoms with Gasteiger partial charge in [-0.1, -0.05) is 137 Å². The fourth-order valence-electron chi connectivity index (χ4n) is 7.66. The fourth-order valence-corrected chi connectivity index (χ4v) is 7.66. The van der Waals surface area contributed by atoms with Gasteiger partial charge in [0.1, 0.15) is 0 Å². The minimum Gasteiger partial charge on any atom is -0.380 e. The third-order valence-electron chi connectivity index (χ3n) is 10.0. The normalized spacial score (nSPS) is 15.9. The molecule has 49 heavy (non-hydrogen) atoms. The molecule has 7 aromatic rings. The van der Waals surface area contributed by atoms with Crippen molar-refractivity contribution in [1.29, 1.82) is 0 Å². The van der Waals surface area contributed by atoms with E-state index in [0.717, 1.165) is 5.70 Å². The Kier molecular flexibility index (Phi) is 7.69. The number of nitrogens with zero attached hydrogens (tertiary/aromatic N) is 2. The fraction of sp³-hybridized carbons (Fsp3) is 0.130. The van der Waals surface area contributed by atoms with Crippen molar-refractivity contribution < 1.29 is 0 Å². The van der Waals surface area contributed by atoms with Crippen LogP contribution in [0, 0.1) is 0 Å². The summed E-state index contributed by atoms with van der Waals surface area (Å²) >= 11 is 0. The lowest BCUT2D eigenvalue weighted by Gasteiger charge is -2.43. The monoisotopic (exact) mass is 635 g/mol. The molecule has 9 rings (SSSR count). The number of rotatable bonds is 4. The molecular weight excluding hydrogens is 595 g/mol. The first kappa shape index (κ1) is 30.5. The number of benzene rings is 6. The number of fused-ring (bicyclic) bond motifs is 5. The molecule has 0 radical (unpaired) electrons. The van der Waals surface area contributed by atoms with Gasteiger partial charge in [0, 0.05) is 27.6 Å². The highest BCUT2D eigenvalue weighted by Gasteiger charge is 2.38. The highest BCUT2D eigenvalue weighted by Crippen LogP contribution is 2.53. The SMILES string of the molecule is CC.CC1(C)c2ccccc2N(C2=CC(c3ccc(-c4ccccc4)cc3)NC=C2)c2cc3c4ccccc4n(-c4ccccc4)c3cc21. The van der Waals surface area contributed by atoms with Gasteiger partial charge in [0.2, 0.25) is 0 Å². The van der Waals surface area contributed by atoms with E-state index in [9.17, 15) is 0 Å². The van der Waals surface area contributed by atoms with Gasteiger partial charge in [0.25, 0.3) is 0 Å². The minimum absolute atomic E-state index is 0.0501. The van der Waals surface area contributed by atoms with Gasteiger partial charge in [-0.3, -0.25) is 0 Å². The summed E-state index contributed by atoms with van der Waals surface area (Å²) < 4.78 is 2.42. The van der Waals surface area contributed by atoms with Crippen LogP contribution in [0.15, 0.2) is 170 Å². The molecule has 0 bridgehead atoms. The van der Waals surface area contributed by atoms with Gasteiger partial charge >= 0.3 is 0 Å². The van der Waals surface area contributed by atoms with Crippen molar-refractivity contribution in [2.75, 3.05) is 4.90 Å². The molecule has 2 aliphatic rings. The largest absolute Gasteiger partial charge is 0.380 e. The molecule has 0 saturated carbocycles. The van der Waals surface area contributed by atoms with Crippen LogP contribution in [-0.4, -0.2) is 4.57 Å². The van der Waals surface area contributed by atoms with Crippen molar-refractivity contribution in [2.24, 2.45) is 0 Å². The second-order valence-electron chi connectivity index (χ2n) is 13.1. The predicted octanol–water partition coefficient (Wildman–Crippen LogP) is 12.0. The zero-order valence-electron chi connectivity index (χ0n) is 28.6. The van der Waals surface area contributed by atoms with Gasteiger partial charge < -0.3 is 14.8 Å². The number of hydrogen-bond acceptors (Lipinski definition) is 2. The number of para-hydroxylation sites is 3. The number of aromatic nitrogens is 1. The van der Waals surface area contributed by atoms with Crippen molar-refractivity contribution in [1.82, 2.24) is 9.88 Å². The van der Waals surface area contributed by atoms with E-state index in [-0.39, 0.29) is 11.5 Å². The molecule has 1 unspecified atom stereocenters. The summed E-state index contributed by atoms with van der Waals surface area (Å²) in [7, 11) is 0. The zero-order chi connectivity index (χ0) is 33.5. The molecule has 1 N–H and O–H groups in total.